The number of hydrogen-bond acceptors (Lipinski definition) is 9. The van der Waals surface area contributed by atoms with Crippen LogP contribution < -0.4 is 21.3 Å². The van der Waals surface area contributed by atoms with Crippen molar-refractivity contribution in [2.24, 2.45) is 5.92 Å². The lowest BCUT2D eigenvalue weighted by atomic mass is 10.0. The number of hydrogen-bond donors (Lipinski definition) is 4. The summed E-state index contributed by atoms with van der Waals surface area (Å²) in [6.45, 7) is 1.17. The number of ketones is 2. The van der Waals surface area contributed by atoms with Crippen molar-refractivity contribution in [3.63, 3.8) is 0 Å². The van der Waals surface area contributed by atoms with E-state index in [1.807, 2.05) is 60.8 Å². The average molecular weight is 763 g/mol. The zero-order chi connectivity index (χ0) is 38.3. The lowest BCUT2D eigenvalue weighted by Crippen LogP contribution is -2.39. The van der Waals surface area contributed by atoms with Crippen LogP contribution in [-0.2, 0) is 27.2 Å². The van der Waals surface area contributed by atoms with Crippen LogP contribution in [0.5, 0.6) is 0 Å². The van der Waals surface area contributed by atoms with Gasteiger partial charge >= 0.3 is 30.0 Å². The molecule has 1 fully saturated rings. The lowest BCUT2D eigenvalue weighted by molar-refractivity contribution is -0.193. The molecule has 0 unspecified atom stereocenters. The number of halogens is 7. The number of aryl methyl sites for hydroxylation is 2. The molecule has 2 aliphatic heterocycles. The van der Waals surface area contributed by atoms with Crippen LogP contribution in [-0.4, -0.2) is 68.8 Å². The molecule has 2 aliphatic rings. The minimum absolute atomic E-state index is 0.0726. The number of amides is 3. The zero-order valence-electron chi connectivity index (χ0n) is 27.3. The molecule has 0 aliphatic carbocycles. The third-order valence-electron chi connectivity index (χ3n) is 7.91. The summed E-state index contributed by atoms with van der Waals surface area (Å²) in [5.41, 5.74) is 5.10. The van der Waals surface area contributed by atoms with Crippen molar-refractivity contribution < 1.29 is 45.5 Å². The Balaban J connectivity index is 0.000000390. The van der Waals surface area contributed by atoms with Crippen molar-refractivity contribution in [2.45, 2.75) is 38.0 Å². The van der Waals surface area contributed by atoms with Crippen molar-refractivity contribution in [1.29, 1.82) is 0 Å². The van der Waals surface area contributed by atoms with E-state index in [1.54, 1.807) is 17.3 Å². The van der Waals surface area contributed by atoms with Gasteiger partial charge in [-0.25, -0.2) is 9.78 Å². The summed E-state index contributed by atoms with van der Waals surface area (Å²) in [5, 5.41) is 12.9. The maximum absolute atomic E-state index is 13.1. The molecule has 1 atom stereocenters. The summed E-state index contributed by atoms with van der Waals surface area (Å²) in [6, 6.07) is 17.0. The highest BCUT2D eigenvalue weighted by atomic mass is 35.5. The van der Waals surface area contributed by atoms with Crippen LogP contribution in [0.2, 0.25) is 5.02 Å². The highest BCUT2D eigenvalue weighted by molar-refractivity contribution is 6.41. The maximum atomic E-state index is 13.1. The van der Waals surface area contributed by atoms with E-state index in [1.165, 1.54) is 0 Å². The van der Waals surface area contributed by atoms with Crippen molar-refractivity contribution in [1.82, 2.24) is 19.9 Å². The Morgan fingerprint density at radius 3 is 2.26 bits per heavy atom. The highest BCUT2D eigenvalue weighted by Gasteiger charge is 2.54. The number of likely N-dealkylation sites (tertiary alicyclic amines) is 1. The topological polar surface area (TPSA) is 158 Å². The number of nitrogens with zero attached hydrogens (tertiary/aromatic N) is 4. The molecule has 4 aromatic rings. The first-order chi connectivity index (χ1) is 25.0. The van der Waals surface area contributed by atoms with Crippen LogP contribution in [0.15, 0.2) is 73.2 Å². The van der Waals surface area contributed by atoms with Gasteiger partial charge in [0.2, 0.25) is 11.9 Å². The van der Waals surface area contributed by atoms with Crippen LogP contribution in [0, 0.1) is 5.92 Å². The van der Waals surface area contributed by atoms with Crippen LogP contribution in [0.3, 0.4) is 0 Å². The molecule has 53 heavy (non-hydrogen) atoms. The number of aromatic nitrogens is 3. The van der Waals surface area contributed by atoms with E-state index in [0.717, 1.165) is 46.7 Å². The van der Waals surface area contributed by atoms with Crippen molar-refractivity contribution >= 4 is 69.6 Å². The molecule has 0 radical (unpaired) electrons. The average Bonchev–Trinajstić information content (AvgIpc) is 3.57. The van der Waals surface area contributed by atoms with Gasteiger partial charge in [-0.1, -0.05) is 29.8 Å². The van der Waals surface area contributed by atoms with Gasteiger partial charge in [-0.3, -0.25) is 19.4 Å². The predicted molar refractivity (Wildman–Crippen MR) is 182 cm³/mol. The first-order valence-electron chi connectivity index (χ1n) is 15.8. The number of alkyl halides is 6. The lowest BCUT2D eigenvalue weighted by Gasteiger charge is -2.18. The standard InChI is InChI=1S/C30H29ClN8O2.C4F6O2/c31-25-17-33-29-35-24-12-19(15-32-16-24)6-7-21-14-23(34-28(25)38-29)8-9-26(21)37-27(40)13-20-10-11-39(18-20)30(41)36-22-4-2-1-3-5-22;5-3(6,7)1(11)2(12)4(8,9)10/h1-5,8-9,12,14-17,20H,6-7,10-11,13,18H2,(H,36,41)(H,37,40)(H2,33,34,35,38);/t20-;/m1./s1. The van der Waals surface area contributed by atoms with E-state index in [9.17, 15) is 45.5 Å². The summed E-state index contributed by atoms with van der Waals surface area (Å²) in [5.74, 6) is -5.92. The number of rotatable bonds is 5. The Kier molecular flexibility index (Phi) is 11.8. The summed E-state index contributed by atoms with van der Waals surface area (Å²) < 4.78 is 67.0. The molecule has 3 amide bonds. The first kappa shape index (κ1) is 38.5. The predicted octanol–water partition coefficient (Wildman–Crippen LogP) is 7.24. The molecule has 19 heteroatoms. The van der Waals surface area contributed by atoms with E-state index in [2.05, 4.69) is 36.2 Å². The molecule has 4 N–H and O–H groups in total. The number of carbonyl (C=O) groups is 4. The number of carbonyl (C=O) groups excluding carboxylic acids is 4. The third-order valence-corrected chi connectivity index (χ3v) is 8.19. The Bertz CT molecular complexity index is 1970. The van der Waals surface area contributed by atoms with Crippen molar-refractivity contribution in [3.05, 3.63) is 89.3 Å². The van der Waals surface area contributed by atoms with Gasteiger partial charge in [-0.05, 0) is 72.7 Å². The molecule has 6 bridgehead atoms. The Morgan fingerprint density at radius 2 is 1.57 bits per heavy atom. The minimum Gasteiger partial charge on any atom is -0.339 e. The fourth-order valence-corrected chi connectivity index (χ4v) is 5.52. The fraction of sp³-hybridized carbons (Fsp3) is 0.265. The second kappa shape index (κ2) is 16.3. The van der Waals surface area contributed by atoms with Crippen LogP contribution in [0.25, 0.3) is 0 Å². The minimum atomic E-state index is -5.77. The first-order valence-corrected chi connectivity index (χ1v) is 16.2. The van der Waals surface area contributed by atoms with E-state index >= 15 is 0 Å². The largest absolute Gasteiger partial charge is 0.458 e. The van der Waals surface area contributed by atoms with E-state index < -0.39 is 23.9 Å². The number of anilines is 6. The van der Waals surface area contributed by atoms with Crippen molar-refractivity contribution in [3.8, 4) is 0 Å². The molecular formula is C34H29ClF6N8O4. The van der Waals surface area contributed by atoms with E-state index in [0.29, 0.717) is 42.7 Å². The molecule has 0 saturated carbocycles. The number of urea groups is 1. The van der Waals surface area contributed by atoms with Gasteiger partial charge in [0.05, 0.1) is 18.1 Å². The van der Waals surface area contributed by atoms with Gasteiger partial charge in [0.15, 0.2) is 5.82 Å². The second-order valence-corrected chi connectivity index (χ2v) is 12.3. The Morgan fingerprint density at radius 1 is 0.849 bits per heavy atom. The number of pyridine rings is 1. The summed E-state index contributed by atoms with van der Waals surface area (Å²) in [4.78, 5) is 59.9. The maximum Gasteiger partial charge on any atom is 0.458 e. The Hall–Kier alpha value is -5.78. The monoisotopic (exact) mass is 762 g/mol. The molecule has 2 aromatic heterocycles. The molecule has 0 spiro atoms. The molecule has 4 heterocycles. The number of Topliss-reactive ketones (excluding diaryl/α,β-unsaturated/α-hetero) is 2. The SMILES string of the molecule is O=C(C(=O)C(F)(F)F)C(F)(F)F.O=C(C[C@H]1CCN(C(=O)Nc2ccccc2)C1)Nc1ccc2cc1CCc1cncc(c1)Nc1ncc(Cl)c(n1)N2. The molecule has 1 saturated heterocycles. The second-order valence-electron chi connectivity index (χ2n) is 11.9. The van der Waals surface area contributed by atoms with Gasteiger partial charge in [0.25, 0.3) is 0 Å². The third kappa shape index (κ3) is 10.6. The molecule has 6 rings (SSSR count). The number of fused-ring (bicyclic) bond motifs is 6. The highest BCUT2D eigenvalue weighted by Crippen LogP contribution is 2.30. The molecule has 12 nitrogen and oxygen atoms in total. The number of benzene rings is 2. The smallest absolute Gasteiger partial charge is 0.339 e. The van der Waals surface area contributed by atoms with Gasteiger partial charge < -0.3 is 26.2 Å². The Labute approximate surface area is 302 Å². The molecule has 278 valence electrons. The summed E-state index contributed by atoms with van der Waals surface area (Å²) in [7, 11) is 0. The van der Waals surface area contributed by atoms with E-state index in [4.69, 9.17) is 11.6 Å². The fourth-order valence-electron chi connectivity index (χ4n) is 5.38. The summed E-state index contributed by atoms with van der Waals surface area (Å²) >= 11 is 6.37. The molecule has 2 aromatic carbocycles. The summed E-state index contributed by atoms with van der Waals surface area (Å²) in [6.07, 6.45) is -3.92. The van der Waals surface area contributed by atoms with E-state index in [-0.39, 0.29) is 17.9 Å². The molecular weight excluding hydrogens is 734 g/mol. The van der Waals surface area contributed by atoms with Crippen LogP contribution in [0.4, 0.5) is 65.7 Å². The normalized spacial score (nSPS) is 15.2. The number of nitrogens with one attached hydrogen (secondary N) is 4. The van der Waals surface area contributed by atoms with Gasteiger partial charge in [0.1, 0.15) is 5.02 Å². The van der Waals surface area contributed by atoms with Gasteiger partial charge in [0, 0.05) is 42.8 Å². The van der Waals surface area contributed by atoms with Gasteiger partial charge in [-0.15, -0.1) is 0 Å². The number of para-hydroxylation sites is 1. The van der Waals surface area contributed by atoms with Crippen LogP contribution in [0.1, 0.15) is 24.0 Å². The zero-order valence-corrected chi connectivity index (χ0v) is 28.1. The van der Waals surface area contributed by atoms with Crippen LogP contribution >= 0.6 is 11.6 Å². The van der Waals surface area contributed by atoms with Gasteiger partial charge in [-0.2, -0.15) is 31.3 Å². The van der Waals surface area contributed by atoms with Crippen molar-refractivity contribution in [2.75, 3.05) is 34.4 Å². The quantitative estimate of drug-likeness (QED) is 0.122.